The third-order valence-corrected chi connectivity index (χ3v) is 4.62. The minimum atomic E-state index is -0.171. The molecule has 0 aliphatic carbocycles. The lowest BCUT2D eigenvalue weighted by Crippen LogP contribution is -2.40. The fourth-order valence-corrected chi connectivity index (χ4v) is 3.19. The summed E-state index contributed by atoms with van der Waals surface area (Å²) in [5.74, 6) is 1.33. The Hall–Kier alpha value is -2.24. The Kier molecular flexibility index (Phi) is 7.75. The van der Waals surface area contributed by atoms with E-state index in [0.717, 1.165) is 17.1 Å². The predicted molar refractivity (Wildman–Crippen MR) is 98.4 cm³/mol. The van der Waals surface area contributed by atoms with Crippen molar-refractivity contribution in [2.75, 3.05) is 33.4 Å². The van der Waals surface area contributed by atoms with Gasteiger partial charge < -0.3 is 19.1 Å². The third kappa shape index (κ3) is 5.38. The van der Waals surface area contributed by atoms with Crippen LogP contribution in [0.25, 0.3) is 0 Å². The molecule has 144 valence electrons. The number of benzene rings is 1. The van der Waals surface area contributed by atoms with E-state index < -0.39 is 0 Å². The summed E-state index contributed by atoms with van der Waals surface area (Å²) in [7, 11) is 1.41. The molecule has 1 amide bonds. The highest BCUT2D eigenvalue weighted by molar-refractivity contribution is 5.77. The average molecular weight is 363 g/mol. The van der Waals surface area contributed by atoms with Gasteiger partial charge in [0, 0.05) is 19.5 Å². The van der Waals surface area contributed by atoms with Crippen molar-refractivity contribution >= 4 is 11.9 Å². The Morgan fingerprint density at radius 1 is 1.08 bits per heavy atom. The first-order valence-electron chi connectivity index (χ1n) is 9.33. The van der Waals surface area contributed by atoms with Crippen LogP contribution < -0.4 is 9.47 Å². The van der Waals surface area contributed by atoms with Gasteiger partial charge in [0.1, 0.15) is 0 Å². The number of aryl methyl sites for hydroxylation is 1. The van der Waals surface area contributed by atoms with Crippen LogP contribution in [0.5, 0.6) is 11.5 Å². The summed E-state index contributed by atoms with van der Waals surface area (Å²) in [6.07, 6.45) is 2.45. The summed E-state index contributed by atoms with van der Waals surface area (Å²) in [5.41, 5.74) is 1.05. The molecule has 0 aromatic heterocycles. The monoisotopic (exact) mass is 363 g/mol. The van der Waals surface area contributed by atoms with Crippen molar-refractivity contribution in [3.05, 3.63) is 23.8 Å². The van der Waals surface area contributed by atoms with E-state index in [9.17, 15) is 9.59 Å². The number of hydrogen-bond acceptors (Lipinski definition) is 5. The number of ether oxygens (including phenoxy) is 3. The maximum atomic E-state index is 12.5. The highest BCUT2D eigenvalue weighted by Gasteiger charge is 2.27. The van der Waals surface area contributed by atoms with Crippen LogP contribution in [0.15, 0.2) is 18.2 Å². The molecular formula is C20H29NO5. The number of esters is 1. The van der Waals surface area contributed by atoms with Crippen LogP contribution in [0, 0.1) is 5.92 Å². The summed E-state index contributed by atoms with van der Waals surface area (Å²) < 4.78 is 16.0. The minimum Gasteiger partial charge on any atom is -0.490 e. The second kappa shape index (κ2) is 10.0. The van der Waals surface area contributed by atoms with Crippen LogP contribution >= 0.6 is 0 Å². The molecule has 1 aromatic rings. The number of carbonyl (C=O) groups excluding carboxylic acids is 2. The van der Waals surface area contributed by atoms with Crippen molar-refractivity contribution in [1.29, 1.82) is 0 Å². The summed E-state index contributed by atoms with van der Waals surface area (Å²) in [6.45, 7) is 6.25. The second-order valence-corrected chi connectivity index (χ2v) is 6.33. The molecule has 2 rings (SSSR count). The predicted octanol–water partition coefficient (Wildman–Crippen LogP) is 2.83. The summed E-state index contributed by atoms with van der Waals surface area (Å²) in [6, 6.07) is 5.83. The van der Waals surface area contributed by atoms with E-state index >= 15 is 0 Å². The molecule has 0 N–H and O–H groups in total. The zero-order chi connectivity index (χ0) is 18.9. The molecule has 26 heavy (non-hydrogen) atoms. The van der Waals surface area contributed by atoms with Crippen LogP contribution in [0.4, 0.5) is 0 Å². The van der Waals surface area contributed by atoms with Crippen molar-refractivity contribution in [2.45, 2.75) is 39.5 Å². The maximum Gasteiger partial charge on any atom is 0.308 e. The van der Waals surface area contributed by atoms with Crippen LogP contribution in [-0.2, 0) is 20.7 Å². The Bertz CT molecular complexity index is 608. The van der Waals surface area contributed by atoms with Crippen LogP contribution in [0.1, 0.15) is 38.7 Å². The smallest absolute Gasteiger partial charge is 0.308 e. The summed E-state index contributed by atoms with van der Waals surface area (Å²) in [4.78, 5) is 25.9. The number of carbonyl (C=O) groups is 2. The fourth-order valence-electron chi connectivity index (χ4n) is 3.19. The molecule has 0 bridgehead atoms. The van der Waals surface area contributed by atoms with Gasteiger partial charge in [-0.25, -0.2) is 0 Å². The van der Waals surface area contributed by atoms with Crippen molar-refractivity contribution < 1.29 is 23.8 Å². The highest BCUT2D eigenvalue weighted by atomic mass is 16.5. The maximum absolute atomic E-state index is 12.5. The lowest BCUT2D eigenvalue weighted by atomic mass is 9.96. The van der Waals surface area contributed by atoms with E-state index in [1.165, 1.54) is 7.11 Å². The fraction of sp³-hybridized carbons (Fsp3) is 0.600. The molecule has 1 fully saturated rings. The number of amides is 1. The lowest BCUT2D eigenvalue weighted by Gasteiger charge is -2.30. The van der Waals surface area contributed by atoms with Gasteiger partial charge in [0.05, 0.1) is 26.2 Å². The van der Waals surface area contributed by atoms with Crippen molar-refractivity contribution in [1.82, 2.24) is 4.90 Å². The Balaban J connectivity index is 1.87. The average Bonchev–Trinajstić information content (AvgIpc) is 2.67. The lowest BCUT2D eigenvalue weighted by molar-refractivity contribution is -0.148. The summed E-state index contributed by atoms with van der Waals surface area (Å²) >= 11 is 0. The normalized spacial score (nSPS) is 14.8. The molecular weight excluding hydrogens is 334 g/mol. The molecule has 0 spiro atoms. The van der Waals surface area contributed by atoms with E-state index in [-0.39, 0.29) is 17.8 Å². The standard InChI is InChI=1S/C20H29NO5/c1-4-25-17-8-6-15(14-18(17)26-5-2)7-9-19(22)21-12-10-16(11-13-21)20(23)24-3/h6,8,14,16H,4-5,7,9-13H2,1-3H3. The molecule has 1 aromatic carbocycles. The Morgan fingerprint density at radius 2 is 1.73 bits per heavy atom. The van der Waals surface area contributed by atoms with Gasteiger partial charge in [0.2, 0.25) is 5.91 Å². The van der Waals surface area contributed by atoms with Gasteiger partial charge in [-0.3, -0.25) is 9.59 Å². The van der Waals surface area contributed by atoms with Gasteiger partial charge in [-0.2, -0.15) is 0 Å². The highest BCUT2D eigenvalue weighted by Crippen LogP contribution is 2.29. The van der Waals surface area contributed by atoms with E-state index in [1.54, 1.807) is 0 Å². The molecule has 1 aliphatic rings. The van der Waals surface area contributed by atoms with Gasteiger partial charge in [-0.1, -0.05) is 6.07 Å². The Morgan fingerprint density at radius 3 is 2.35 bits per heavy atom. The van der Waals surface area contributed by atoms with Gasteiger partial charge in [0.15, 0.2) is 11.5 Å². The van der Waals surface area contributed by atoms with Crippen molar-refractivity contribution in [3.8, 4) is 11.5 Å². The molecule has 1 saturated heterocycles. The largest absolute Gasteiger partial charge is 0.490 e. The molecule has 0 atom stereocenters. The third-order valence-electron chi connectivity index (χ3n) is 4.62. The van der Waals surface area contributed by atoms with Crippen LogP contribution in [-0.4, -0.2) is 50.2 Å². The molecule has 0 saturated carbocycles. The zero-order valence-electron chi connectivity index (χ0n) is 16.0. The second-order valence-electron chi connectivity index (χ2n) is 6.33. The first-order chi connectivity index (χ1) is 12.6. The number of piperidine rings is 1. The zero-order valence-corrected chi connectivity index (χ0v) is 16.0. The SMILES string of the molecule is CCOc1ccc(CCC(=O)N2CCC(C(=O)OC)CC2)cc1OCC. The quantitative estimate of drug-likeness (QED) is 0.665. The van der Waals surface area contributed by atoms with Crippen LogP contribution in [0.2, 0.25) is 0 Å². The number of likely N-dealkylation sites (tertiary alicyclic amines) is 1. The first-order valence-corrected chi connectivity index (χ1v) is 9.33. The van der Waals surface area contributed by atoms with E-state index in [0.29, 0.717) is 52.0 Å². The summed E-state index contributed by atoms with van der Waals surface area (Å²) in [5, 5.41) is 0. The molecule has 0 unspecified atom stereocenters. The van der Waals surface area contributed by atoms with Crippen LogP contribution in [0.3, 0.4) is 0 Å². The molecule has 6 heteroatoms. The molecule has 6 nitrogen and oxygen atoms in total. The molecule has 1 aliphatic heterocycles. The van der Waals surface area contributed by atoms with Crippen molar-refractivity contribution in [3.63, 3.8) is 0 Å². The number of methoxy groups -OCH3 is 1. The van der Waals surface area contributed by atoms with Crippen molar-refractivity contribution in [2.24, 2.45) is 5.92 Å². The Labute approximate surface area is 155 Å². The molecule has 0 radical (unpaired) electrons. The number of hydrogen-bond donors (Lipinski definition) is 0. The number of rotatable bonds is 8. The molecule has 1 heterocycles. The van der Waals surface area contributed by atoms with E-state index in [4.69, 9.17) is 14.2 Å². The minimum absolute atomic E-state index is 0.0797. The topological polar surface area (TPSA) is 65.1 Å². The van der Waals surface area contributed by atoms with Gasteiger partial charge in [0.25, 0.3) is 0 Å². The number of nitrogens with zero attached hydrogens (tertiary/aromatic N) is 1. The van der Waals surface area contributed by atoms with Gasteiger partial charge >= 0.3 is 5.97 Å². The van der Waals surface area contributed by atoms with E-state index in [1.807, 2.05) is 36.9 Å². The first kappa shape index (κ1) is 20.1. The van der Waals surface area contributed by atoms with E-state index in [2.05, 4.69) is 0 Å². The van der Waals surface area contributed by atoms with Gasteiger partial charge in [-0.05, 0) is 50.8 Å². The van der Waals surface area contributed by atoms with Gasteiger partial charge in [-0.15, -0.1) is 0 Å².